The van der Waals surface area contributed by atoms with Gasteiger partial charge >= 0.3 is 0 Å². The van der Waals surface area contributed by atoms with Crippen molar-refractivity contribution in [2.45, 2.75) is 55.0 Å². The Morgan fingerprint density at radius 1 is 1.14 bits per heavy atom. The molecule has 0 radical (unpaired) electrons. The summed E-state index contributed by atoms with van der Waals surface area (Å²) in [6, 6.07) is 5.22. The topological polar surface area (TPSA) is 71.5 Å². The molecule has 2 unspecified atom stereocenters. The molecule has 1 saturated heterocycles. The monoisotopic (exact) mass is 351 g/mol. The number of hydrogen-bond donors (Lipinski definition) is 0. The Morgan fingerprint density at radius 3 is 2.24 bits per heavy atom. The molecule has 2 rings (SSSR count). The van der Waals surface area contributed by atoms with Crippen LogP contribution in [0.15, 0.2) is 34.1 Å². The zero-order valence-electron chi connectivity index (χ0n) is 11.9. The molecule has 5 nitrogen and oxygen atoms in total. The minimum atomic E-state index is -4.12. The maximum atomic E-state index is 12.9. The first-order valence-corrected chi connectivity index (χ1v) is 10.5. The molecule has 0 aromatic heterocycles. The third kappa shape index (κ3) is 3.11. The van der Waals surface area contributed by atoms with Crippen LogP contribution >= 0.6 is 10.7 Å². The standard InChI is InChI=1S/C13H18ClNO4S2/c1-3-11-9-8-10(2)15(11)21(18,19)13-7-5-4-6-12(13)20(14,16)17/h4-7,10-11H,3,8-9H2,1-2H3. The van der Waals surface area contributed by atoms with Gasteiger partial charge in [0.1, 0.15) is 9.79 Å². The lowest BCUT2D eigenvalue weighted by Crippen LogP contribution is -2.40. The van der Waals surface area contributed by atoms with Crippen molar-refractivity contribution in [3.63, 3.8) is 0 Å². The molecule has 0 amide bonds. The molecule has 0 aliphatic carbocycles. The van der Waals surface area contributed by atoms with Crippen LogP contribution in [0.4, 0.5) is 0 Å². The van der Waals surface area contributed by atoms with E-state index in [-0.39, 0.29) is 21.9 Å². The minimum Gasteiger partial charge on any atom is -0.207 e. The van der Waals surface area contributed by atoms with Crippen LogP contribution in [0, 0.1) is 0 Å². The Labute approximate surface area is 130 Å². The number of nitrogens with zero attached hydrogens (tertiary/aromatic N) is 1. The van der Waals surface area contributed by atoms with Gasteiger partial charge in [-0.2, -0.15) is 4.31 Å². The molecule has 0 saturated carbocycles. The van der Waals surface area contributed by atoms with Gasteiger partial charge in [0.2, 0.25) is 10.0 Å². The first-order valence-electron chi connectivity index (χ1n) is 6.76. The minimum absolute atomic E-state index is 0.101. The van der Waals surface area contributed by atoms with Crippen molar-refractivity contribution < 1.29 is 16.8 Å². The summed E-state index contributed by atoms with van der Waals surface area (Å²) in [4.78, 5) is -0.604. The molecule has 1 aliphatic heterocycles. The maximum Gasteiger partial charge on any atom is 0.262 e. The van der Waals surface area contributed by atoms with Gasteiger partial charge in [0, 0.05) is 22.8 Å². The van der Waals surface area contributed by atoms with Crippen molar-refractivity contribution in [3.8, 4) is 0 Å². The summed E-state index contributed by atoms with van der Waals surface area (Å²) >= 11 is 0. The summed E-state index contributed by atoms with van der Waals surface area (Å²) in [5.41, 5.74) is 0. The van der Waals surface area contributed by atoms with E-state index in [4.69, 9.17) is 10.7 Å². The maximum absolute atomic E-state index is 12.9. The van der Waals surface area contributed by atoms with Gasteiger partial charge in [0.25, 0.3) is 9.05 Å². The number of benzene rings is 1. The van der Waals surface area contributed by atoms with Crippen LogP contribution < -0.4 is 0 Å². The van der Waals surface area contributed by atoms with E-state index in [1.807, 2.05) is 13.8 Å². The van der Waals surface area contributed by atoms with Gasteiger partial charge in [-0.3, -0.25) is 0 Å². The average Bonchev–Trinajstić information content (AvgIpc) is 2.79. The van der Waals surface area contributed by atoms with Crippen molar-refractivity contribution in [1.29, 1.82) is 0 Å². The highest BCUT2D eigenvalue weighted by molar-refractivity contribution is 8.14. The van der Waals surface area contributed by atoms with E-state index in [1.165, 1.54) is 28.6 Å². The summed E-state index contributed by atoms with van der Waals surface area (Å²) in [5, 5.41) is 0. The number of rotatable bonds is 4. The highest BCUT2D eigenvalue weighted by Crippen LogP contribution is 2.35. The molecule has 118 valence electrons. The summed E-state index contributed by atoms with van der Waals surface area (Å²) in [6.45, 7) is 3.76. The Morgan fingerprint density at radius 2 is 1.71 bits per heavy atom. The second-order valence-electron chi connectivity index (χ2n) is 5.21. The summed E-state index contributed by atoms with van der Waals surface area (Å²) < 4.78 is 50.5. The number of halogens is 1. The van der Waals surface area contributed by atoms with E-state index < -0.39 is 19.1 Å². The Hall–Kier alpha value is -0.630. The van der Waals surface area contributed by atoms with Crippen LogP contribution in [-0.4, -0.2) is 33.2 Å². The molecule has 1 aliphatic rings. The summed E-state index contributed by atoms with van der Waals surface area (Å²) in [6.07, 6.45) is 2.25. The summed E-state index contributed by atoms with van der Waals surface area (Å²) in [5.74, 6) is 0. The van der Waals surface area contributed by atoms with Crippen LogP contribution in [0.3, 0.4) is 0 Å². The van der Waals surface area contributed by atoms with Crippen molar-refractivity contribution in [1.82, 2.24) is 4.31 Å². The normalized spacial score (nSPS) is 24.3. The van der Waals surface area contributed by atoms with Gasteiger partial charge in [0.05, 0.1) is 0 Å². The zero-order chi connectivity index (χ0) is 15.8. The van der Waals surface area contributed by atoms with E-state index in [1.54, 1.807) is 0 Å². The Balaban J connectivity index is 2.61. The Kier molecular flexibility index (Phi) is 4.68. The second-order valence-corrected chi connectivity index (χ2v) is 9.55. The highest BCUT2D eigenvalue weighted by Gasteiger charge is 2.41. The number of sulfonamides is 1. The molecule has 1 fully saturated rings. The molecule has 21 heavy (non-hydrogen) atoms. The van der Waals surface area contributed by atoms with Crippen LogP contribution in [0.2, 0.25) is 0 Å². The fraction of sp³-hybridized carbons (Fsp3) is 0.538. The first kappa shape index (κ1) is 16.7. The third-order valence-electron chi connectivity index (χ3n) is 3.85. The van der Waals surface area contributed by atoms with Crippen LogP contribution in [-0.2, 0) is 19.1 Å². The van der Waals surface area contributed by atoms with Crippen molar-refractivity contribution in [3.05, 3.63) is 24.3 Å². The molecular formula is C13H18ClNO4S2. The quantitative estimate of drug-likeness (QED) is 0.781. The van der Waals surface area contributed by atoms with Gasteiger partial charge < -0.3 is 0 Å². The van der Waals surface area contributed by atoms with E-state index in [9.17, 15) is 16.8 Å². The number of hydrogen-bond acceptors (Lipinski definition) is 4. The Bertz CT molecular complexity index is 730. The largest absolute Gasteiger partial charge is 0.262 e. The average molecular weight is 352 g/mol. The second kappa shape index (κ2) is 5.87. The smallest absolute Gasteiger partial charge is 0.207 e. The van der Waals surface area contributed by atoms with E-state index in [0.717, 1.165) is 12.8 Å². The first-order chi connectivity index (χ1) is 9.69. The van der Waals surface area contributed by atoms with Gasteiger partial charge in [-0.25, -0.2) is 16.8 Å². The third-order valence-corrected chi connectivity index (χ3v) is 7.48. The lowest BCUT2D eigenvalue weighted by Gasteiger charge is -2.27. The van der Waals surface area contributed by atoms with E-state index in [0.29, 0.717) is 6.42 Å². The molecule has 8 heteroatoms. The molecular weight excluding hydrogens is 334 g/mol. The molecule has 2 atom stereocenters. The SMILES string of the molecule is CCC1CCC(C)N1S(=O)(=O)c1ccccc1S(=O)(=O)Cl. The predicted octanol–water partition coefficient (Wildman–Crippen LogP) is 2.57. The highest BCUT2D eigenvalue weighted by atomic mass is 35.7. The predicted molar refractivity (Wildman–Crippen MR) is 81.3 cm³/mol. The van der Waals surface area contributed by atoms with Gasteiger partial charge in [-0.05, 0) is 38.3 Å². The molecule has 0 spiro atoms. The van der Waals surface area contributed by atoms with Gasteiger partial charge in [-0.1, -0.05) is 19.1 Å². The zero-order valence-corrected chi connectivity index (χ0v) is 14.2. The van der Waals surface area contributed by atoms with Crippen molar-refractivity contribution >= 4 is 29.8 Å². The molecule has 0 bridgehead atoms. The lowest BCUT2D eigenvalue weighted by molar-refractivity contribution is 0.328. The van der Waals surface area contributed by atoms with Crippen LogP contribution in [0.5, 0.6) is 0 Å². The molecule has 1 heterocycles. The molecule has 1 aromatic rings. The fourth-order valence-corrected chi connectivity index (χ4v) is 6.60. The van der Waals surface area contributed by atoms with Gasteiger partial charge in [0.15, 0.2) is 0 Å². The van der Waals surface area contributed by atoms with Crippen molar-refractivity contribution in [2.24, 2.45) is 0 Å². The fourth-order valence-electron chi connectivity index (χ4n) is 2.84. The summed E-state index contributed by atoms with van der Waals surface area (Å²) in [7, 11) is -2.64. The lowest BCUT2D eigenvalue weighted by atomic mass is 10.2. The van der Waals surface area contributed by atoms with Crippen LogP contribution in [0.25, 0.3) is 0 Å². The van der Waals surface area contributed by atoms with Crippen molar-refractivity contribution in [2.75, 3.05) is 0 Å². The molecule has 0 N–H and O–H groups in total. The van der Waals surface area contributed by atoms with E-state index >= 15 is 0 Å². The van der Waals surface area contributed by atoms with Gasteiger partial charge in [-0.15, -0.1) is 0 Å². The van der Waals surface area contributed by atoms with Crippen LogP contribution in [0.1, 0.15) is 33.1 Å². The van der Waals surface area contributed by atoms with E-state index in [2.05, 4.69) is 0 Å². The molecule has 1 aromatic carbocycles.